The molecule has 256 valence electrons. The summed E-state index contributed by atoms with van der Waals surface area (Å²) in [5.41, 5.74) is -1.72. The fourth-order valence-electron chi connectivity index (χ4n) is 6.47. The number of imidazole rings is 1. The van der Waals surface area contributed by atoms with Crippen LogP contribution in [-0.2, 0) is 13.2 Å². The van der Waals surface area contributed by atoms with E-state index in [-0.39, 0.29) is 57.7 Å². The Bertz CT molecular complexity index is 1800. The lowest BCUT2D eigenvalue weighted by molar-refractivity contribution is -0.141. The highest BCUT2D eigenvalue weighted by Gasteiger charge is 2.60. The van der Waals surface area contributed by atoms with Gasteiger partial charge in [-0.25, -0.2) is 18.6 Å². The second kappa shape index (κ2) is 11.4. The van der Waals surface area contributed by atoms with Gasteiger partial charge in [-0.2, -0.15) is 18.3 Å². The van der Waals surface area contributed by atoms with E-state index in [1.54, 1.807) is 4.90 Å². The number of fused-ring (bicyclic) bond motifs is 1. The number of halogens is 6. The van der Waals surface area contributed by atoms with E-state index in [0.717, 1.165) is 17.0 Å². The van der Waals surface area contributed by atoms with Crippen molar-refractivity contribution in [2.45, 2.75) is 42.7 Å². The minimum absolute atomic E-state index is 0.0282. The molecule has 13 nitrogen and oxygen atoms in total. The van der Waals surface area contributed by atoms with Crippen LogP contribution >= 0.6 is 11.6 Å². The van der Waals surface area contributed by atoms with Crippen LogP contribution in [-0.4, -0.2) is 97.5 Å². The van der Waals surface area contributed by atoms with Gasteiger partial charge in [0.25, 0.3) is 17.7 Å². The maximum Gasteiger partial charge on any atom is 0.435 e. The van der Waals surface area contributed by atoms with Crippen molar-refractivity contribution in [3.05, 3.63) is 52.7 Å². The first-order valence-corrected chi connectivity index (χ1v) is 15.4. The summed E-state index contributed by atoms with van der Waals surface area (Å²) >= 11 is 6.38. The van der Waals surface area contributed by atoms with Crippen LogP contribution in [0.25, 0.3) is 11.3 Å². The number of hydrogen-bond donors (Lipinski definition) is 5. The molecule has 0 radical (unpaired) electrons. The number of aliphatic hydroxyl groups excluding tert-OH is 1. The zero-order valence-electron chi connectivity index (χ0n) is 25.1. The topological polar surface area (TPSA) is 158 Å². The molecule has 2 aromatic heterocycles. The molecule has 2 unspecified atom stereocenters. The van der Waals surface area contributed by atoms with Crippen LogP contribution in [0.1, 0.15) is 39.1 Å². The predicted octanol–water partition coefficient (Wildman–Crippen LogP) is 2.49. The molecular formula is C29H29ClF5N9O4. The monoisotopic (exact) mass is 697 g/mol. The van der Waals surface area contributed by atoms with Gasteiger partial charge in [-0.3, -0.25) is 14.3 Å². The first-order chi connectivity index (χ1) is 22.6. The van der Waals surface area contributed by atoms with Crippen molar-refractivity contribution < 1.29 is 41.4 Å². The summed E-state index contributed by atoms with van der Waals surface area (Å²) in [7, 11) is 1.30. The standard InChI is InChI=1S/C29H29ClF5N9O4/c1-42-19(16-11-44(21-5-28(21,31)32)41-23(16)29(33,34)35)7-37-24(42)26(47)38-12-2-3-13(17(30)4-12)25(46)40-22-14-9-43(10-15(14)22)27(48)39-18-6-36-8-20(18)45/h2-4,7,11,14-15,18,20-22,36,45H,5-6,8-10H2,1H3,(H,38,47)(H,39,48)(H,40,46)/t14-,15+,18-,20-,21?,22?/m0/s1. The first-order valence-electron chi connectivity index (χ1n) is 15.0. The Morgan fingerprint density at radius 1 is 1.10 bits per heavy atom. The molecule has 5 N–H and O–H groups in total. The van der Waals surface area contributed by atoms with Crippen LogP contribution in [0.2, 0.25) is 5.02 Å². The molecular weight excluding hydrogens is 669 g/mol. The third kappa shape index (κ3) is 5.85. The van der Waals surface area contributed by atoms with Crippen LogP contribution in [0.3, 0.4) is 0 Å². The SMILES string of the molecule is Cn1c(-c2cn(C3CC3(F)F)nc2C(F)(F)F)cnc1C(=O)Nc1ccc(C(=O)NC2[C@H]3CN(C(=O)N[C@H]4CNC[C@@H]4O)C[C@@H]23)c(Cl)c1. The van der Waals surface area contributed by atoms with Crippen molar-refractivity contribution in [1.82, 2.24) is 40.2 Å². The summed E-state index contributed by atoms with van der Waals surface area (Å²) in [6.07, 6.45) is -4.32. The van der Waals surface area contributed by atoms with Crippen molar-refractivity contribution in [2.24, 2.45) is 18.9 Å². The van der Waals surface area contributed by atoms with E-state index in [9.17, 15) is 41.4 Å². The Balaban J connectivity index is 0.967. The normalized spacial score (nSPS) is 27.0. The minimum Gasteiger partial charge on any atom is -0.390 e. The van der Waals surface area contributed by atoms with E-state index < -0.39 is 53.7 Å². The number of piperidine rings is 1. The van der Waals surface area contributed by atoms with Gasteiger partial charge in [0.05, 0.1) is 40.2 Å². The number of carbonyl (C=O) groups excluding carboxylic acids is 3. The largest absolute Gasteiger partial charge is 0.435 e. The molecule has 2 saturated heterocycles. The maximum atomic E-state index is 13.7. The molecule has 3 aromatic rings. The Morgan fingerprint density at radius 3 is 2.42 bits per heavy atom. The van der Waals surface area contributed by atoms with Crippen LogP contribution in [0.4, 0.5) is 32.4 Å². The Morgan fingerprint density at radius 2 is 1.81 bits per heavy atom. The Kier molecular flexibility index (Phi) is 7.67. The maximum absolute atomic E-state index is 13.7. The quantitative estimate of drug-likeness (QED) is 0.238. The van der Waals surface area contributed by atoms with Gasteiger partial charge in [0.1, 0.15) is 6.04 Å². The lowest BCUT2D eigenvalue weighted by Crippen LogP contribution is -2.49. The molecule has 4 fully saturated rings. The van der Waals surface area contributed by atoms with Gasteiger partial charge < -0.3 is 35.8 Å². The predicted molar refractivity (Wildman–Crippen MR) is 158 cm³/mol. The van der Waals surface area contributed by atoms with Gasteiger partial charge in [0, 0.05) is 69.4 Å². The summed E-state index contributed by atoms with van der Waals surface area (Å²) in [5.74, 6) is -4.50. The van der Waals surface area contributed by atoms with Gasteiger partial charge in [0.2, 0.25) is 0 Å². The summed E-state index contributed by atoms with van der Waals surface area (Å²) < 4.78 is 70.0. The van der Waals surface area contributed by atoms with Crippen LogP contribution in [0, 0.1) is 11.8 Å². The van der Waals surface area contributed by atoms with E-state index in [1.165, 1.54) is 25.2 Å². The number of aliphatic hydroxyl groups is 1. The van der Waals surface area contributed by atoms with Crippen molar-refractivity contribution in [1.29, 1.82) is 0 Å². The zero-order chi connectivity index (χ0) is 34.3. The number of urea groups is 1. The van der Waals surface area contributed by atoms with E-state index >= 15 is 0 Å². The highest BCUT2D eigenvalue weighted by molar-refractivity contribution is 6.34. The molecule has 6 atom stereocenters. The minimum atomic E-state index is -4.95. The van der Waals surface area contributed by atoms with Crippen LogP contribution < -0.4 is 21.3 Å². The zero-order valence-corrected chi connectivity index (χ0v) is 25.8. The second-order valence-corrected chi connectivity index (χ2v) is 12.9. The summed E-state index contributed by atoms with van der Waals surface area (Å²) in [4.78, 5) is 44.2. The fraction of sp³-hybridized carbons (Fsp3) is 0.483. The number of rotatable bonds is 7. The Labute approximate surface area is 273 Å². The number of likely N-dealkylation sites (tertiary alicyclic amines) is 1. The number of β-amino-alcohol motifs (C(OH)–C–C–N with tert-alkyl or cyclic N) is 1. The molecule has 1 aromatic carbocycles. The van der Waals surface area contributed by atoms with E-state index in [1.807, 2.05) is 0 Å². The van der Waals surface area contributed by atoms with Gasteiger partial charge in [-0.05, 0) is 18.2 Å². The van der Waals surface area contributed by atoms with E-state index in [2.05, 4.69) is 31.3 Å². The Hall–Kier alpha value is -4.29. The molecule has 7 rings (SSSR count). The third-order valence-corrected chi connectivity index (χ3v) is 9.63. The number of aromatic nitrogens is 4. The van der Waals surface area contributed by atoms with Crippen molar-refractivity contribution in [3.63, 3.8) is 0 Å². The van der Waals surface area contributed by atoms with Gasteiger partial charge in [0.15, 0.2) is 11.5 Å². The fourth-order valence-corrected chi connectivity index (χ4v) is 6.73. The van der Waals surface area contributed by atoms with Gasteiger partial charge in [-0.15, -0.1) is 0 Å². The average molecular weight is 698 g/mol. The molecule has 4 heterocycles. The molecule has 0 bridgehead atoms. The number of nitrogens with zero attached hydrogens (tertiary/aromatic N) is 5. The molecule has 19 heteroatoms. The molecule has 48 heavy (non-hydrogen) atoms. The van der Waals surface area contributed by atoms with Crippen LogP contribution in [0.5, 0.6) is 0 Å². The van der Waals surface area contributed by atoms with Gasteiger partial charge in [-0.1, -0.05) is 11.6 Å². The first kappa shape index (κ1) is 32.3. The molecule has 2 saturated carbocycles. The number of alkyl halides is 5. The van der Waals surface area contributed by atoms with Gasteiger partial charge >= 0.3 is 12.2 Å². The molecule has 2 aliphatic heterocycles. The van der Waals surface area contributed by atoms with Crippen molar-refractivity contribution in [2.75, 3.05) is 31.5 Å². The highest BCUT2D eigenvalue weighted by atomic mass is 35.5. The number of anilines is 1. The smallest absolute Gasteiger partial charge is 0.390 e. The lowest BCUT2D eigenvalue weighted by atomic mass is 10.2. The summed E-state index contributed by atoms with van der Waals surface area (Å²) in [6.45, 7) is 1.83. The summed E-state index contributed by atoms with van der Waals surface area (Å²) in [6, 6.07) is 1.94. The third-order valence-electron chi connectivity index (χ3n) is 9.32. The molecule has 0 spiro atoms. The number of amides is 4. The van der Waals surface area contributed by atoms with E-state index in [4.69, 9.17) is 11.6 Å². The van der Waals surface area contributed by atoms with Crippen molar-refractivity contribution in [3.8, 4) is 11.3 Å². The second-order valence-electron chi connectivity index (χ2n) is 12.5. The lowest BCUT2D eigenvalue weighted by Gasteiger charge is -2.24. The van der Waals surface area contributed by atoms with Crippen LogP contribution in [0.15, 0.2) is 30.6 Å². The molecule has 2 aliphatic carbocycles. The number of carbonyl (C=O) groups is 3. The highest BCUT2D eigenvalue weighted by Crippen LogP contribution is 2.53. The summed E-state index contributed by atoms with van der Waals surface area (Å²) in [5, 5.41) is 24.6. The van der Waals surface area contributed by atoms with E-state index in [0.29, 0.717) is 30.9 Å². The molecule has 4 aliphatic rings. The number of hydrogen-bond acceptors (Lipinski definition) is 7. The average Bonchev–Trinajstić information content (AvgIpc) is 3.46. The number of benzene rings is 1. The number of nitrogens with one attached hydrogen (secondary N) is 4. The van der Waals surface area contributed by atoms with Crippen molar-refractivity contribution >= 4 is 35.1 Å². The molecule has 4 amide bonds.